The highest BCUT2D eigenvalue weighted by Crippen LogP contribution is 2.42. The smallest absolute Gasteiger partial charge is 0.255 e. The minimum atomic E-state index is -0.162. The molecule has 4 rings (SSSR count). The van der Waals surface area contributed by atoms with Crippen molar-refractivity contribution in [1.29, 1.82) is 0 Å². The molecular formula is C21H19NO3. The molecule has 4 heteroatoms. The fraction of sp³-hybridized carbons (Fsp3) is 0.190. The molecule has 126 valence electrons. The molecule has 1 amide bonds. The molecule has 0 bridgehead atoms. The van der Waals surface area contributed by atoms with Gasteiger partial charge < -0.3 is 14.5 Å². The van der Waals surface area contributed by atoms with Crippen molar-refractivity contribution in [2.75, 3.05) is 7.05 Å². The highest BCUT2D eigenvalue weighted by atomic mass is 16.5. The topological polar surface area (TPSA) is 51.5 Å². The zero-order chi connectivity index (χ0) is 17.6. The van der Waals surface area contributed by atoms with Gasteiger partial charge in [0.25, 0.3) is 5.91 Å². The van der Waals surface area contributed by atoms with Crippen LogP contribution < -0.4 is 10.1 Å². The summed E-state index contributed by atoms with van der Waals surface area (Å²) in [5.74, 6) is 1.22. The summed E-state index contributed by atoms with van der Waals surface area (Å²) in [6, 6.07) is 11.7. The third-order valence-corrected chi connectivity index (χ3v) is 4.64. The van der Waals surface area contributed by atoms with Crippen LogP contribution in [0, 0.1) is 6.92 Å². The van der Waals surface area contributed by atoms with Crippen molar-refractivity contribution in [2.45, 2.75) is 19.4 Å². The molecule has 2 heterocycles. The molecule has 1 aliphatic heterocycles. The molecular weight excluding hydrogens is 314 g/mol. The fourth-order valence-electron chi connectivity index (χ4n) is 3.34. The minimum Gasteiger partial charge on any atom is -0.486 e. The van der Waals surface area contributed by atoms with E-state index in [0.717, 1.165) is 27.8 Å². The number of carbonyl (C=O) groups is 1. The molecule has 3 aromatic rings. The molecule has 2 aromatic carbocycles. The van der Waals surface area contributed by atoms with Crippen molar-refractivity contribution >= 4 is 16.9 Å². The quantitative estimate of drug-likeness (QED) is 0.729. The number of amides is 1. The maximum absolute atomic E-state index is 12.7. The van der Waals surface area contributed by atoms with E-state index in [9.17, 15) is 4.79 Å². The first kappa shape index (κ1) is 15.5. The van der Waals surface area contributed by atoms with Crippen LogP contribution >= 0.6 is 0 Å². The summed E-state index contributed by atoms with van der Waals surface area (Å²) < 4.78 is 12.0. The number of benzene rings is 2. The van der Waals surface area contributed by atoms with Gasteiger partial charge in [0.15, 0.2) is 0 Å². The van der Waals surface area contributed by atoms with Crippen LogP contribution in [0.2, 0.25) is 0 Å². The third kappa shape index (κ3) is 2.41. The van der Waals surface area contributed by atoms with E-state index in [-0.39, 0.29) is 12.0 Å². The van der Waals surface area contributed by atoms with E-state index >= 15 is 0 Å². The Morgan fingerprint density at radius 3 is 2.68 bits per heavy atom. The highest BCUT2D eigenvalue weighted by Gasteiger charge is 2.29. The summed E-state index contributed by atoms with van der Waals surface area (Å²) in [7, 11) is 1.63. The van der Waals surface area contributed by atoms with Gasteiger partial charge in [-0.2, -0.15) is 0 Å². The average Bonchev–Trinajstić information content (AvgIpc) is 3.22. The number of carbonyl (C=O) groups excluding carboxylic acids is 1. The van der Waals surface area contributed by atoms with Crippen LogP contribution in [0.5, 0.6) is 5.75 Å². The number of furan rings is 1. The Hall–Kier alpha value is -3.01. The second-order valence-electron chi connectivity index (χ2n) is 6.26. The van der Waals surface area contributed by atoms with Crippen molar-refractivity contribution in [3.05, 3.63) is 65.7 Å². The van der Waals surface area contributed by atoms with Gasteiger partial charge in [0.05, 0.1) is 5.56 Å². The molecule has 1 atom stereocenters. The molecule has 0 aliphatic carbocycles. The van der Waals surface area contributed by atoms with Crippen molar-refractivity contribution in [3.63, 3.8) is 0 Å². The van der Waals surface area contributed by atoms with Crippen LogP contribution in [0.3, 0.4) is 0 Å². The number of nitrogens with one attached hydrogen (secondary N) is 1. The summed E-state index contributed by atoms with van der Waals surface area (Å²) in [6.45, 7) is 5.84. The van der Waals surface area contributed by atoms with Gasteiger partial charge >= 0.3 is 0 Å². The van der Waals surface area contributed by atoms with Gasteiger partial charge in [-0.25, -0.2) is 0 Å². The van der Waals surface area contributed by atoms with Gasteiger partial charge in [-0.05, 0) is 19.1 Å². The Morgan fingerprint density at radius 1 is 1.24 bits per heavy atom. The van der Waals surface area contributed by atoms with Crippen molar-refractivity contribution in [1.82, 2.24) is 5.32 Å². The Kier molecular flexibility index (Phi) is 3.61. The van der Waals surface area contributed by atoms with Crippen LogP contribution in [0.1, 0.15) is 21.5 Å². The van der Waals surface area contributed by atoms with Gasteiger partial charge in [-0.3, -0.25) is 4.79 Å². The molecule has 0 saturated heterocycles. The lowest BCUT2D eigenvalue weighted by Gasteiger charge is -2.04. The number of ether oxygens (including phenoxy) is 1. The summed E-state index contributed by atoms with van der Waals surface area (Å²) in [5.41, 5.74) is 4.30. The molecule has 0 spiro atoms. The Labute approximate surface area is 146 Å². The fourth-order valence-corrected chi connectivity index (χ4v) is 3.34. The van der Waals surface area contributed by atoms with Gasteiger partial charge in [-0.1, -0.05) is 42.5 Å². The van der Waals surface area contributed by atoms with E-state index in [4.69, 9.17) is 9.15 Å². The van der Waals surface area contributed by atoms with Gasteiger partial charge in [-0.15, -0.1) is 0 Å². The van der Waals surface area contributed by atoms with Crippen LogP contribution in [-0.4, -0.2) is 19.1 Å². The van der Waals surface area contributed by atoms with E-state index in [1.54, 1.807) is 13.1 Å². The largest absolute Gasteiger partial charge is 0.486 e. The van der Waals surface area contributed by atoms with Crippen LogP contribution in [-0.2, 0) is 6.42 Å². The monoisotopic (exact) mass is 333 g/mol. The van der Waals surface area contributed by atoms with E-state index in [1.807, 2.05) is 43.3 Å². The Balaban J connectivity index is 2.00. The predicted octanol–water partition coefficient (Wildman–Crippen LogP) is 4.26. The molecule has 25 heavy (non-hydrogen) atoms. The number of hydrogen-bond donors (Lipinski definition) is 1. The van der Waals surface area contributed by atoms with Crippen LogP contribution in [0.4, 0.5) is 0 Å². The first-order valence-corrected chi connectivity index (χ1v) is 8.29. The summed E-state index contributed by atoms with van der Waals surface area (Å²) in [4.78, 5) is 12.7. The summed E-state index contributed by atoms with van der Waals surface area (Å²) >= 11 is 0. The zero-order valence-corrected chi connectivity index (χ0v) is 14.3. The van der Waals surface area contributed by atoms with E-state index < -0.39 is 0 Å². The molecule has 0 fully saturated rings. The number of rotatable bonds is 3. The molecule has 0 radical (unpaired) electrons. The Morgan fingerprint density at radius 2 is 2.00 bits per heavy atom. The maximum atomic E-state index is 12.7. The SMILES string of the molecule is C=CC1Cc2c(ccc3oc(-c4ccc(C)cc4)c(C(=O)NC)c23)O1. The summed E-state index contributed by atoms with van der Waals surface area (Å²) in [6.07, 6.45) is 2.40. The van der Waals surface area contributed by atoms with Crippen LogP contribution in [0.25, 0.3) is 22.3 Å². The van der Waals surface area contributed by atoms with Crippen molar-refractivity contribution in [3.8, 4) is 17.1 Å². The van der Waals surface area contributed by atoms with E-state index in [1.165, 1.54) is 0 Å². The third-order valence-electron chi connectivity index (χ3n) is 4.64. The minimum absolute atomic E-state index is 0.0733. The van der Waals surface area contributed by atoms with Crippen LogP contribution in [0.15, 0.2) is 53.5 Å². The lowest BCUT2D eigenvalue weighted by molar-refractivity contribution is 0.0964. The number of fused-ring (bicyclic) bond motifs is 3. The Bertz CT molecular complexity index is 983. The molecule has 0 saturated carbocycles. The standard InChI is InChI=1S/C21H19NO3/c1-4-14-11-15-16(24-14)9-10-17-18(15)19(21(23)22-3)20(25-17)13-7-5-12(2)6-8-13/h4-10,14H,1,11H2,2-3H3,(H,22,23). The lowest BCUT2D eigenvalue weighted by atomic mass is 9.98. The first-order chi connectivity index (χ1) is 12.1. The molecule has 1 aromatic heterocycles. The molecule has 1 N–H and O–H groups in total. The van der Waals surface area contributed by atoms with Crippen molar-refractivity contribution in [2.24, 2.45) is 0 Å². The second kappa shape index (κ2) is 5.81. The normalized spacial score (nSPS) is 15.7. The molecule has 1 aliphatic rings. The average molecular weight is 333 g/mol. The van der Waals surface area contributed by atoms with Crippen molar-refractivity contribution < 1.29 is 13.9 Å². The molecule has 1 unspecified atom stereocenters. The predicted molar refractivity (Wildman–Crippen MR) is 98.1 cm³/mol. The zero-order valence-electron chi connectivity index (χ0n) is 14.3. The molecule has 4 nitrogen and oxygen atoms in total. The maximum Gasteiger partial charge on any atom is 0.255 e. The second-order valence-corrected chi connectivity index (χ2v) is 6.26. The highest BCUT2D eigenvalue weighted by molar-refractivity contribution is 6.12. The first-order valence-electron chi connectivity index (χ1n) is 8.29. The van der Waals surface area contributed by atoms with Gasteiger partial charge in [0.2, 0.25) is 0 Å². The number of hydrogen-bond acceptors (Lipinski definition) is 3. The summed E-state index contributed by atoms with van der Waals surface area (Å²) in [5, 5.41) is 3.57. The van der Waals surface area contributed by atoms with Gasteiger partial charge in [0.1, 0.15) is 23.2 Å². The number of aryl methyl sites for hydroxylation is 1. The lowest BCUT2D eigenvalue weighted by Crippen LogP contribution is -2.18. The van der Waals surface area contributed by atoms with Gasteiger partial charge in [0, 0.05) is 30.0 Å². The van der Waals surface area contributed by atoms with E-state index in [0.29, 0.717) is 23.3 Å². The van der Waals surface area contributed by atoms with E-state index in [2.05, 4.69) is 11.9 Å².